The van der Waals surface area contributed by atoms with Crippen molar-refractivity contribution in [1.29, 1.82) is 0 Å². The maximum absolute atomic E-state index is 10.9. The van der Waals surface area contributed by atoms with E-state index in [2.05, 4.69) is 17.2 Å². The minimum Gasteiger partial charge on any atom is -0.478 e. The molecule has 5 heteroatoms. The van der Waals surface area contributed by atoms with Gasteiger partial charge in [-0.15, -0.1) is 0 Å². The Morgan fingerprint density at radius 1 is 1.59 bits per heavy atom. The Morgan fingerprint density at radius 2 is 2.35 bits per heavy atom. The monoisotopic (exact) mass is 254 g/mol. The number of hydrogen-bond acceptors (Lipinski definition) is 3. The maximum atomic E-state index is 10.9. The van der Waals surface area contributed by atoms with Crippen molar-refractivity contribution in [3.63, 3.8) is 0 Å². The number of carboxylic acids is 1. The van der Waals surface area contributed by atoms with Crippen LogP contribution >= 0.6 is 11.6 Å². The van der Waals surface area contributed by atoms with Gasteiger partial charge in [0.1, 0.15) is 5.82 Å². The van der Waals surface area contributed by atoms with Crippen LogP contribution in [0.15, 0.2) is 12.3 Å². The van der Waals surface area contributed by atoms with Crippen molar-refractivity contribution in [2.45, 2.75) is 32.2 Å². The normalized spacial score (nSPS) is 23.6. The highest BCUT2D eigenvalue weighted by molar-refractivity contribution is 6.33. The zero-order valence-corrected chi connectivity index (χ0v) is 10.4. The van der Waals surface area contributed by atoms with Crippen LogP contribution in [0.3, 0.4) is 0 Å². The second-order valence-corrected chi connectivity index (χ2v) is 5.02. The number of carbonyl (C=O) groups is 1. The molecule has 17 heavy (non-hydrogen) atoms. The molecule has 1 heterocycles. The third kappa shape index (κ3) is 2.88. The maximum Gasteiger partial charge on any atom is 0.337 e. The molecule has 0 aliphatic heterocycles. The van der Waals surface area contributed by atoms with E-state index in [4.69, 9.17) is 16.7 Å². The number of anilines is 1. The van der Waals surface area contributed by atoms with E-state index in [0.29, 0.717) is 11.9 Å². The molecule has 2 unspecified atom stereocenters. The van der Waals surface area contributed by atoms with Crippen molar-refractivity contribution in [2.24, 2.45) is 5.92 Å². The Morgan fingerprint density at radius 3 is 2.94 bits per heavy atom. The smallest absolute Gasteiger partial charge is 0.337 e. The van der Waals surface area contributed by atoms with Gasteiger partial charge >= 0.3 is 5.97 Å². The van der Waals surface area contributed by atoms with Crippen LogP contribution in [0.2, 0.25) is 5.02 Å². The number of halogens is 1. The molecule has 0 aromatic carbocycles. The van der Waals surface area contributed by atoms with Gasteiger partial charge in [0.05, 0.1) is 10.6 Å². The van der Waals surface area contributed by atoms with Gasteiger partial charge in [0, 0.05) is 12.2 Å². The SMILES string of the molecule is CC1CCC(Nc2cc(C(=O)O)c(Cl)cn2)C1. The summed E-state index contributed by atoms with van der Waals surface area (Å²) in [6.45, 7) is 2.22. The van der Waals surface area contributed by atoms with Crippen molar-refractivity contribution < 1.29 is 9.90 Å². The van der Waals surface area contributed by atoms with Crippen LogP contribution in [0.4, 0.5) is 5.82 Å². The van der Waals surface area contributed by atoms with Crippen LogP contribution in [-0.4, -0.2) is 22.1 Å². The number of aromatic carboxylic acids is 1. The lowest BCUT2D eigenvalue weighted by Crippen LogP contribution is -2.16. The molecule has 4 nitrogen and oxygen atoms in total. The second kappa shape index (κ2) is 4.92. The Balaban J connectivity index is 2.11. The van der Waals surface area contributed by atoms with Gasteiger partial charge in [-0.2, -0.15) is 0 Å². The molecular formula is C12H15ClN2O2. The van der Waals surface area contributed by atoms with Crippen molar-refractivity contribution in [3.05, 3.63) is 22.8 Å². The summed E-state index contributed by atoms with van der Waals surface area (Å²) in [5.74, 6) is 0.282. The quantitative estimate of drug-likeness (QED) is 0.870. The summed E-state index contributed by atoms with van der Waals surface area (Å²) in [6, 6.07) is 1.88. The molecule has 1 aromatic heterocycles. The molecule has 1 saturated carbocycles. The van der Waals surface area contributed by atoms with E-state index in [9.17, 15) is 4.79 Å². The Labute approximate surface area is 105 Å². The zero-order valence-electron chi connectivity index (χ0n) is 9.61. The number of hydrogen-bond donors (Lipinski definition) is 2. The van der Waals surface area contributed by atoms with E-state index in [-0.39, 0.29) is 10.6 Å². The van der Waals surface area contributed by atoms with Crippen molar-refractivity contribution >= 4 is 23.4 Å². The largest absolute Gasteiger partial charge is 0.478 e. The summed E-state index contributed by atoms with van der Waals surface area (Å²) >= 11 is 5.76. The fourth-order valence-electron chi connectivity index (χ4n) is 2.23. The molecule has 0 bridgehead atoms. The van der Waals surface area contributed by atoms with E-state index >= 15 is 0 Å². The van der Waals surface area contributed by atoms with Crippen LogP contribution in [0.5, 0.6) is 0 Å². The average molecular weight is 255 g/mol. The number of carboxylic acid groups (broad SMARTS) is 1. The summed E-state index contributed by atoms with van der Waals surface area (Å²) in [4.78, 5) is 15.0. The average Bonchev–Trinajstić information content (AvgIpc) is 2.66. The fraction of sp³-hybridized carbons (Fsp3) is 0.500. The number of rotatable bonds is 3. The third-order valence-corrected chi connectivity index (χ3v) is 3.43. The highest BCUT2D eigenvalue weighted by Crippen LogP contribution is 2.27. The molecule has 2 atom stereocenters. The molecule has 1 aromatic rings. The van der Waals surface area contributed by atoms with Crippen molar-refractivity contribution in [1.82, 2.24) is 4.98 Å². The molecule has 0 amide bonds. The van der Waals surface area contributed by atoms with Crippen molar-refractivity contribution in [3.8, 4) is 0 Å². The van der Waals surface area contributed by atoms with E-state index in [1.54, 1.807) is 0 Å². The zero-order chi connectivity index (χ0) is 12.4. The first-order valence-corrected chi connectivity index (χ1v) is 6.09. The lowest BCUT2D eigenvalue weighted by Gasteiger charge is -2.13. The summed E-state index contributed by atoms with van der Waals surface area (Å²) in [5, 5.41) is 12.4. The Kier molecular flexibility index (Phi) is 3.52. The fourth-order valence-corrected chi connectivity index (χ4v) is 2.41. The van der Waals surface area contributed by atoms with Crippen LogP contribution in [0, 0.1) is 5.92 Å². The summed E-state index contributed by atoms with van der Waals surface area (Å²) < 4.78 is 0. The number of pyridine rings is 1. The van der Waals surface area contributed by atoms with Gasteiger partial charge < -0.3 is 10.4 Å². The first-order chi connectivity index (χ1) is 8.06. The first kappa shape index (κ1) is 12.2. The van der Waals surface area contributed by atoms with Crippen molar-refractivity contribution in [2.75, 3.05) is 5.32 Å². The van der Waals surface area contributed by atoms with Crippen LogP contribution in [0.1, 0.15) is 36.5 Å². The summed E-state index contributed by atoms with van der Waals surface area (Å²) in [5.41, 5.74) is 0.0928. The number of aromatic nitrogens is 1. The van der Waals surface area contributed by atoms with Gasteiger partial charge in [0.2, 0.25) is 0 Å². The van der Waals surface area contributed by atoms with Crippen LogP contribution in [0.25, 0.3) is 0 Å². The minimum atomic E-state index is -1.03. The van der Waals surface area contributed by atoms with Gasteiger partial charge in [-0.25, -0.2) is 9.78 Å². The van der Waals surface area contributed by atoms with E-state index < -0.39 is 5.97 Å². The van der Waals surface area contributed by atoms with Crippen LogP contribution < -0.4 is 5.32 Å². The molecule has 0 spiro atoms. The molecule has 2 N–H and O–H groups in total. The van der Waals surface area contributed by atoms with Gasteiger partial charge in [0.25, 0.3) is 0 Å². The lowest BCUT2D eigenvalue weighted by molar-refractivity contribution is 0.0697. The predicted octanol–water partition coefficient (Wildman–Crippen LogP) is 3.03. The predicted molar refractivity (Wildman–Crippen MR) is 66.6 cm³/mol. The first-order valence-electron chi connectivity index (χ1n) is 5.71. The summed E-state index contributed by atoms with van der Waals surface area (Å²) in [6.07, 6.45) is 4.79. The summed E-state index contributed by atoms with van der Waals surface area (Å²) in [7, 11) is 0. The molecule has 0 radical (unpaired) electrons. The Bertz CT molecular complexity index is 437. The molecule has 92 valence electrons. The van der Waals surface area contributed by atoms with E-state index in [0.717, 1.165) is 18.8 Å². The van der Waals surface area contributed by atoms with Crippen LogP contribution in [-0.2, 0) is 0 Å². The lowest BCUT2D eigenvalue weighted by atomic mass is 10.1. The highest BCUT2D eigenvalue weighted by Gasteiger charge is 2.21. The van der Waals surface area contributed by atoms with Gasteiger partial charge in [-0.1, -0.05) is 18.5 Å². The number of nitrogens with zero attached hydrogens (tertiary/aromatic N) is 1. The van der Waals surface area contributed by atoms with E-state index in [1.165, 1.54) is 18.7 Å². The molecule has 0 saturated heterocycles. The molecule has 1 aliphatic rings. The Hall–Kier alpha value is -1.29. The topological polar surface area (TPSA) is 62.2 Å². The molecule has 1 aliphatic carbocycles. The van der Waals surface area contributed by atoms with Gasteiger partial charge in [-0.05, 0) is 31.2 Å². The third-order valence-electron chi connectivity index (χ3n) is 3.13. The number of nitrogens with one attached hydrogen (secondary N) is 1. The van der Waals surface area contributed by atoms with Gasteiger partial charge in [-0.3, -0.25) is 0 Å². The molecular weight excluding hydrogens is 240 g/mol. The molecule has 2 rings (SSSR count). The standard InChI is InChI=1S/C12H15ClN2O2/c1-7-2-3-8(4-7)15-11-5-9(12(16)17)10(13)6-14-11/h5-8H,2-4H2,1H3,(H,14,15)(H,16,17). The molecule has 1 fully saturated rings. The van der Waals surface area contributed by atoms with Gasteiger partial charge in [0.15, 0.2) is 0 Å². The van der Waals surface area contributed by atoms with E-state index in [1.807, 2.05) is 0 Å². The minimum absolute atomic E-state index is 0.0928. The second-order valence-electron chi connectivity index (χ2n) is 4.61. The highest BCUT2D eigenvalue weighted by atomic mass is 35.5.